The normalized spacial score (nSPS) is 32.2. The van der Waals surface area contributed by atoms with Crippen molar-refractivity contribution in [2.45, 2.75) is 44.9 Å². The third kappa shape index (κ3) is 3.63. The number of sulfonamides is 1. The minimum atomic E-state index is -3.25. The van der Waals surface area contributed by atoms with Crippen molar-refractivity contribution in [1.29, 1.82) is 0 Å². The molecule has 2 aliphatic heterocycles. The van der Waals surface area contributed by atoms with Gasteiger partial charge in [-0.1, -0.05) is 25.7 Å². The van der Waals surface area contributed by atoms with Crippen LogP contribution in [-0.4, -0.2) is 67.7 Å². The lowest BCUT2D eigenvalue weighted by atomic mass is 9.74. The van der Waals surface area contributed by atoms with Crippen molar-refractivity contribution < 1.29 is 18.3 Å². The first kappa shape index (κ1) is 18.1. The SMILES string of the molecule is CS(=O)(=O)N1CC2CCN(C(=O)CCC3CCCC3)CC2(CO)C1. The second-order valence-electron chi connectivity index (χ2n) is 8.07. The first-order valence-electron chi connectivity index (χ1n) is 9.18. The quantitative estimate of drug-likeness (QED) is 0.797. The van der Waals surface area contributed by atoms with Gasteiger partial charge in [0.05, 0.1) is 12.9 Å². The molecule has 1 aliphatic carbocycles. The molecule has 24 heavy (non-hydrogen) atoms. The number of fused-ring (bicyclic) bond motifs is 1. The van der Waals surface area contributed by atoms with E-state index in [9.17, 15) is 18.3 Å². The Morgan fingerprint density at radius 1 is 1.21 bits per heavy atom. The first-order valence-corrected chi connectivity index (χ1v) is 11.0. The zero-order chi connectivity index (χ0) is 17.4. The third-order valence-corrected chi connectivity index (χ3v) is 7.63. The van der Waals surface area contributed by atoms with Crippen molar-refractivity contribution in [2.75, 3.05) is 39.0 Å². The standard InChI is InChI=1S/C17H30N2O4S/c1-24(22,23)19-10-15-8-9-18(11-17(15,12-19)13-20)16(21)7-6-14-4-2-3-5-14/h14-15,20H,2-13H2,1H3. The molecule has 0 aromatic heterocycles. The van der Waals surface area contributed by atoms with Crippen LogP contribution in [0.15, 0.2) is 0 Å². The summed E-state index contributed by atoms with van der Waals surface area (Å²) < 4.78 is 25.2. The van der Waals surface area contributed by atoms with Crippen LogP contribution in [0.2, 0.25) is 0 Å². The number of hydrogen-bond donors (Lipinski definition) is 1. The lowest BCUT2D eigenvalue weighted by Gasteiger charge is -2.43. The number of carbonyl (C=O) groups excluding carboxylic acids is 1. The maximum atomic E-state index is 12.6. The molecule has 3 aliphatic rings. The highest BCUT2D eigenvalue weighted by Crippen LogP contribution is 2.43. The lowest BCUT2D eigenvalue weighted by molar-refractivity contribution is -0.136. The number of nitrogens with zero attached hydrogens (tertiary/aromatic N) is 2. The topological polar surface area (TPSA) is 77.9 Å². The maximum Gasteiger partial charge on any atom is 0.222 e. The highest BCUT2D eigenvalue weighted by atomic mass is 32.2. The second-order valence-corrected chi connectivity index (χ2v) is 10.0. The molecule has 6 nitrogen and oxygen atoms in total. The number of amides is 1. The predicted molar refractivity (Wildman–Crippen MR) is 91.8 cm³/mol. The van der Waals surface area contributed by atoms with Crippen LogP contribution in [0.3, 0.4) is 0 Å². The Hall–Kier alpha value is -0.660. The molecule has 2 unspecified atom stereocenters. The van der Waals surface area contributed by atoms with Gasteiger partial charge >= 0.3 is 0 Å². The molecule has 0 spiro atoms. The molecule has 0 aromatic rings. The Labute approximate surface area is 145 Å². The zero-order valence-corrected chi connectivity index (χ0v) is 15.4. The smallest absolute Gasteiger partial charge is 0.222 e. The van der Waals surface area contributed by atoms with Gasteiger partial charge in [-0.05, 0) is 24.7 Å². The Bertz CT molecular complexity index is 573. The molecule has 0 radical (unpaired) electrons. The second kappa shape index (κ2) is 6.92. The summed E-state index contributed by atoms with van der Waals surface area (Å²) in [7, 11) is -3.25. The molecule has 138 valence electrons. The summed E-state index contributed by atoms with van der Waals surface area (Å²) in [5.41, 5.74) is -0.482. The molecule has 3 fully saturated rings. The molecular formula is C17H30N2O4S. The molecule has 3 rings (SSSR count). The number of likely N-dealkylation sites (tertiary alicyclic amines) is 1. The van der Waals surface area contributed by atoms with Crippen LogP contribution in [0.5, 0.6) is 0 Å². The van der Waals surface area contributed by atoms with Crippen LogP contribution in [0, 0.1) is 17.3 Å². The largest absolute Gasteiger partial charge is 0.396 e. The summed E-state index contributed by atoms with van der Waals surface area (Å²) in [6.45, 7) is 1.93. The third-order valence-electron chi connectivity index (χ3n) is 6.41. The van der Waals surface area contributed by atoms with Crippen LogP contribution in [-0.2, 0) is 14.8 Å². The van der Waals surface area contributed by atoms with Gasteiger partial charge < -0.3 is 10.0 Å². The van der Waals surface area contributed by atoms with Crippen molar-refractivity contribution in [1.82, 2.24) is 9.21 Å². The average molecular weight is 359 g/mol. The summed E-state index contributed by atoms with van der Waals surface area (Å²) in [5.74, 6) is 1.02. The molecule has 1 saturated carbocycles. The number of carbonyl (C=O) groups is 1. The Morgan fingerprint density at radius 2 is 1.92 bits per heavy atom. The van der Waals surface area contributed by atoms with Gasteiger partial charge in [0, 0.05) is 38.0 Å². The monoisotopic (exact) mass is 358 g/mol. The van der Waals surface area contributed by atoms with E-state index in [4.69, 9.17) is 0 Å². The van der Waals surface area contributed by atoms with Crippen molar-refractivity contribution in [3.8, 4) is 0 Å². The number of rotatable bonds is 5. The van der Waals surface area contributed by atoms with Gasteiger partial charge in [-0.2, -0.15) is 0 Å². The van der Waals surface area contributed by atoms with Crippen molar-refractivity contribution in [3.63, 3.8) is 0 Å². The highest BCUT2D eigenvalue weighted by Gasteiger charge is 2.52. The van der Waals surface area contributed by atoms with E-state index < -0.39 is 15.4 Å². The van der Waals surface area contributed by atoms with Crippen LogP contribution in [0.1, 0.15) is 44.9 Å². The van der Waals surface area contributed by atoms with E-state index in [1.807, 2.05) is 4.90 Å². The first-order chi connectivity index (χ1) is 11.3. The molecule has 2 heterocycles. The van der Waals surface area contributed by atoms with Crippen molar-refractivity contribution >= 4 is 15.9 Å². The zero-order valence-electron chi connectivity index (χ0n) is 14.6. The van der Waals surface area contributed by atoms with E-state index in [0.717, 1.165) is 12.8 Å². The van der Waals surface area contributed by atoms with Crippen LogP contribution >= 0.6 is 0 Å². The number of aliphatic hydroxyl groups excluding tert-OH is 1. The van der Waals surface area contributed by atoms with Crippen LogP contribution < -0.4 is 0 Å². The number of hydrogen-bond acceptors (Lipinski definition) is 4. The molecule has 1 N–H and O–H groups in total. The van der Waals surface area contributed by atoms with Crippen molar-refractivity contribution in [2.24, 2.45) is 17.3 Å². The van der Waals surface area contributed by atoms with Crippen LogP contribution in [0.4, 0.5) is 0 Å². The molecule has 0 bridgehead atoms. The van der Waals surface area contributed by atoms with Gasteiger partial charge in [-0.15, -0.1) is 0 Å². The van der Waals surface area contributed by atoms with Gasteiger partial charge in [0.1, 0.15) is 0 Å². The molecule has 2 saturated heterocycles. The van der Waals surface area contributed by atoms with Gasteiger partial charge in [0.25, 0.3) is 0 Å². The summed E-state index contributed by atoms with van der Waals surface area (Å²) >= 11 is 0. The molecule has 0 aromatic carbocycles. The highest BCUT2D eigenvalue weighted by molar-refractivity contribution is 7.88. The number of aliphatic hydroxyl groups is 1. The molecule has 7 heteroatoms. The molecule has 2 atom stereocenters. The lowest BCUT2D eigenvalue weighted by Crippen LogP contribution is -2.52. The minimum absolute atomic E-state index is 0.0594. The Kier molecular flexibility index (Phi) is 5.23. The van der Waals surface area contributed by atoms with Crippen molar-refractivity contribution in [3.05, 3.63) is 0 Å². The maximum absolute atomic E-state index is 12.6. The summed E-state index contributed by atoms with van der Waals surface area (Å²) in [6.07, 6.45) is 8.64. The fraction of sp³-hybridized carbons (Fsp3) is 0.941. The average Bonchev–Trinajstić information content (AvgIpc) is 3.18. The van der Waals surface area contributed by atoms with E-state index in [-0.39, 0.29) is 18.4 Å². The Balaban J connectivity index is 1.61. The fourth-order valence-electron chi connectivity index (χ4n) is 4.81. The predicted octanol–water partition coefficient (Wildman–Crippen LogP) is 1.06. The summed E-state index contributed by atoms with van der Waals surface area (Å²) in [6, 6.07) is 0. The minimum Gasteiger partial charge on any atom is -0.396 e. The Morgan fingerprint density at radius 3 is 2.54 bits per heavy atom. The number of piperidine rings is 1. The van der Waals surface area contributed by atoms with Gasteiger partial charge in [-0.3, -0.25) is 4.79 Å². The summed E-state index contributed by atoms with van der Waals surface area (Å²) in [5, 5.41) is 9.98. The van der Waals surface area contributed by atoms with E-state index in [1.54, 1.807) is 0 Å². The van der Waals surface area contributed by atoms with E-state index in [0.29, 0.717) is 38.5 Å². The molecular weight excluding hydrogens is 328 g/mol. The van der Waals surface area contributed by atoms with Crippen LogP contribution in [0.25, 0.3) is 0 Å². The van der Waals surface area contributed by atoms with E-state index in [2.05, 4.69) is 0 Å². The summed E-state index contributed by atoms with van der Waals surface area (Å²) in [4.78, 5) is 14.5. The van der Waals surface area contributed by atoms with Gasteiger partial charge in [-0.25, -0.2) is 12.7 Å². The van der Waals surface area contributed by atoms with Gasteiger partial charge in [0.15, 0.2) is 0 Å². The van der Waals surface area contributed by atoms with Gasteiger partial charge in [0.2, 0.25) is 15.9 Å². The van der Waals surface area contributed by atoms with E-state index in [1.165, 1.54) is 36.2 Å². The van der Waals surface area contributed by atoms with E-state index >= 15 is 0 Å². The molecule has 1 amide bonds. The fourth-order valence-corrected chi connectivity index (χ4v) is 5.75.